The molecule has 0 aliphatic heterocycles. The van der Waals surface area contributed by atoms with Crippen molar-refractivity contribution in [1.82, 2.24) is 10.3 Å². The van der Waals surface area contributed by atoms with Crippen LogP contribution in [0.25, 0.3) is 0 Å². The van der Waals surface area contributed by atoms with Gasteiger partial charge in [-0.15, -0.1) is 0 Å². The van der Waals surface area contributed by atoms with Crippen molar-refractivity contribution < 1.29 is 4.79 Å². The molecule has 5 nitrogen and oxygen atoms in total. The van der Waals surface area contributed by atoms with Gasteiger partial charge in [0, 0.05) is 12.2 Å². The van der Waals surface area contributed by atoms with Crippen LogP contribution in [-0.2, 0) is 11.3 Å². The van der Waals surface area contributed by atoms with E-state index in [4.69, 9.17) is 11.5 Å². The van der Waals surface area contributed by atoms with Gasteiger partial charge >= 0.3 is 0 Å². The van der Waals surface area contributed by atoms with Gasteiger partial charge < -0.3 is 16.8 Å². The maximum atomic E-state index is 12.4. The van der Waals surface area contributed by atoms with E-state index in [1.807, 2.05) is 13.0 Å². The van der Waals surface area contributed by atoms with Crippen molar-refractivity contribution in [1.29, 1.82) is 0 Å². The highest BCUT2D eigenvalue weighted by molar-refractivity contribution is 5.81. The predicted molar refractivity (Wildman–Crippen MR) is 101 cm³/mol. The number of nitrogen functional groups attached to an aromatic ring is 1. The average molecular weight is 345 g/mol. The second-order valence-electron chi connectivity index (χ2n) is 7.94. The lowest BCUT2D eigenvalue weighted by Gasteiger charge is -2.42. The predicted octanol–water partition coefficient (Wildman–Crippen LogP) is 2.91. The molecule has 0 saturated heterocycles. The third kappa shape index (κ3) is 4.51. The van der Waals surface area contributed by atoms with Crippen LogP contribution in [0.1, 0.15) is 62.6 Å². The monoisotopic (exact) mass is 344 g/mol. The van der Waals surface area contributed by atoms with Crippen LogP contribution < -0.4 is 16.8 Å². The molecule has 5 N–H and O–H groups in total. The first-order valence-corrected chi connectivity index (χ1v) is 9.80. The molecule has 138 valence electrons. The molecule has 1 heterocycles. The van der Waals surface area contributed by atoms with Gasteiger partial charge in [0.05, 0.1) is 6.04 Å². The molecule has 0 aromatic carbocycles. The van der Waals surface area contributed by atoms with Crippen LogP contribution in [-0.4, -0.2) is 16.9 Å². The minimum atomic E-state index is -0.410. The number of nitrogens with two attached hydrogens (primary N) is 2. The highest BCUT2D eigenvalue weighted by Gasteiger charge is 2.36. The highest BCUT2D eigenvalue weighted by atomic mass is 16.2. The van der Waals surface area contributed by atoms with Gasteiger partial charge in [0.15, 0.2) is 0 Å². The van der Waals surface area contributed by atoms with Gasteiger partial charge in [0.25, 0.3) is 0 Å². The summed E-state index contributed by atoms with van der Waals surface area (Å²) in [6, 6.07) is 3.27. The van der Waals surface area contributed by atoms with Crippen LogP contribution in [0.3, 0.4) is 0 Å². The Bertz CT molecular complexity index is 601. The van der Waals surface area contributed by atoms with Gasteiger partial charge in [-0.25, -0.2) is 4.98 Å². The summed E-state index contributed by atoms with van der Waals surface area (Å²) in [5.74, 6) is 2.76. The fourth-order valence-electron chi connectivity index (χ4n) is 4.91. The number of aromatic nitrogens is 1. The molecule has 1 aromatic rings. The van der Waals surface area contributed by atoms with Crippen molar-refractivity contribution in [3.05, 3.63) is 23.4 Å². The molecule has 5 heteroatoms. The number of fused-ring (bicyclic) bond motifs is 1. The number of carbonyl (C=O) groups is 1. The molecule has 3 unspecified atom stereocenters. The smallest absolute Gasteiger partial charge is 0.237 e. The van der Waals surface area contributed by atoms with Gasteiger partial charge in [0.1, 0.15) is 5.82 Å². The van der Waals surface area contributed by atoms with E-state index in [-0.39, 0.29) is 5.91 Å². The molecule has 2 aliphatic carbocycles. The van der Waals surface area contributed by atoms with E-state index >= 15 is 0 Å². The Morgan fingerprint density at radius 2 is 2.00 bits per heavy atom. The Morgan fingerprint density at radius 1 is 1.24 bits per heavy atom. The third-order valence-electron chi connectivity index (χ3n) is 6.29. The molecule has 2 saturated carbocycles. The van der Waals surface area contributed by atoms with Crippen molar-refractivity contribution in [3.8, 4) is 0 Å². The molecule has 1 amide bonds. The quantitative estimate of drug-likeness (QED) is 0.765. The van der Waals surface area contributed by atoms with Crippen molar-refractivity contribution in [3.63, 3.8) is 0 Å². The molecule has 1 aromatic heterocycles. The van der Waals surface area contributed by atoms with Crippen LogP contribution in [0.4, 0.5) is 5.82 Å². The lowest BCUT2D eigenvalue weighted by Crippen LogP contribution is -2.43. The van der Waals surface area contributed by atoms with Gasteiger partial charge in [-0.3, -0.25) is 4.79 Å². The second kappa shape index (κ2) is 8.17. The van der Waals surface area contributed by atoms with Gasteiger partial charge in [-0.2, -0.15) is 0 Å². The largest absolute Gasteiger partial charge is 0.384 e. The SMILES string of the molecule is Cc1nc(N)ccc1CNC(=O)[C@@H](N)CC1CCCC2CCCCC21. The Balaban J connectivity index is 1.51. The Kier molecular flexibility index (Phi) is 5.94. The number of hydrogen-bond acceptors (Lipinski definition) is 4. The number of nitrogens with one attached hydrogen (secondary N) is 1. The number of anilines is 1. The number of hydrogen-bond donors (Lipinski definition) is 3. The first-order chi connectivity index (χ1) is 12.0. The number of amides is 1. The summed E-state index contributed by atoms with van der Waals surface area (Å²) >= 11 is 0. The summed E-state index contributed by atoms with van der Waals surface area (Å²) < 4.78 is 0. The zero-order valence-corrected chi connectivity index (χ0v) is 15.3. The standard InChI is InChI=1S/C20H32N4O/c1-13-16(9-10-19(22)24-13)12-23-20(25)18(21)11-15-7-4-6-14-5-2-3-8-17(14)15/h9-10,14-15,17-18H,2-8,11-12,21H2,1H3,(H2,22,24)(H,23,25)/t14?,15?,17?,18-/m0/s1. The molecule has 0 spiro atoms. The number of carbonyl (C=O) groups excluding carboxylic acids is 1. The summed E-state index contributed by atoms with van der Waals surface area (Å²) in [7, 11) is 0. The van der Waals surface area contributed by atoms with Crippen molar-refractivity contribution in [2.75, 3.05) is 5.73 Å². The van der Waals surface area contributed by atoms with Crippen LogP contribution in [0.5, 0.6) is 0 Å². The van der Waals surface area contributed by atoms with Gasteiger partial charge in [-0.05, 0) is 49.1 Å². The molecule has 0 radical (unpaired) electrons. The molecule has 0 bridgehead atoms. The lowest BCUT2D eigenvalue weighted by atomic mass is 9.64. The molecular formula is C20H32N4O. The summed E-state index contributed by atoms with van der Waals surface area (Å²) in [5, 5.41) is 2.98. The Morgan fingerprint density at radius 3 is 2.80 bits per heavy atom. The number of nitrogens with zero attached hydrogens (tertiary/aromatic N) is 1. The van der Waals surface area contributed by atoms with E-state index < -0.39 is 6.04 Å². The van der Waals surface area contributed by atoms with Crippen molar-refractivity contribution >= 4 is 11.7 Å². The van der Waals surface area contributed by atoms with E-state index in [2.05, 4.69) is 10.3 Å². The summed E-state index contributed by atoms with van der Waals surface area (Å²) in [4.78, 5) is 16.7. The van der Waals surface area contributed by atoms with E-state index in [0.717, 1.165) is 29.5 Å². The normalized spacial score (nSPS) is 27.4. The molecule has 3 rings (SSSR count). The topological polar surface area (TPSA) is 94.0 Å². The molecule has 2 aliphatic rings. The van der Waals surface area contributed by atoms with E-state index in [1.165, 1.54) is 44.9 Å². The first-order valence-electron chi connectivity index (χ1n) is 9.80. The summed E-state index contributed by atoms with van der Waals surface area (Å²) in [6.07, 6.45) is 10.2. The third-order valence-corrected chi connectivity index (χ3v) is 6.29. The zero-order chi connectivity index (χ0) is 17.8. The fraction of sp³-hybridized carbons (Fsp3) is 0.700. The van der Waals surface area contributed by atoms with E-state index in [1.54, 1.807) is 6.07 Å². The van der Waals surface area contributed by atoms with Crippen molar-refractivity contribution in [2.24, 2.45) is 23.5 Å². The molecular weight excluding hydrogens is 312 g/mol. The summed E-state index contributed by atoms with van der Waals surface area (Å²) in [6.45, 7) is 2.37. The first kappa shape index (κ1) is 18.2. The minimum absolute atomic E-state index is 0.0471. The highest BCUT2D eigenvalue weighted by Crippen LogP contribution is 2.45. The Labute approximate surface area is 151 Å². The number of rotatable bonds is 5. The maximum absolute atomic E-state index is 12.4. The molecule has 4 atom stereocenters. The van der Waals surface area contributed by atoms with Crippen LogP contribution in [0.15, 0.2) is 12.1 Å². The van der Waals surface area contributed by atoms with Gasteiger partial charge in [0.2, 0.25) is 5.91 Å². The molecule has 2 fully saturated rings. The Hall–Kier alpha value is -1.62. The van der Waals surface area contributed by atoms with E-state index in [0.29, 0.717) is 18.3 Å². The van der Waals surface area contributed by atoms with Crippen LogP contribution >= 0.6 is 0 Å². The second-order valence-corrected chi connectivity index (χ2v) is 7.94. The zero-order valence-electron chi connectivity index (χ0n) is 15.3. The molecule has 25 heavy (non-hydrogen) atoms. The number of aryl methyl sites for hydroxylation is 1. The average Bonchev–Trinajstić information content (AvgIpc) is 2.61. The maximum Gasteiger partial charge on any atom is 0.237 e. The van der Waals surface area contributed by atoms with E-state index in [9.17, 15) is 4.79 Å². The van der Waals surface area contributed by atoms with Crippen molar-refractivity contribution in [2.45, 2.75) is 70.9 Å². The van der Waals surface area contributed by atoms with Crippen LogP contribution in [0, 0.1) is 24.7 Å². The minimum Gasteiger partial charge on any atom is -0.384 e. The summed E-state index contributed by atoms with van der Waals surface area (Å²) in [5.41, 5.74) is 13.8. The number of pyridine rings is 1. The van der Waals surface area contributed by atoms with Gasteiger partial charge in [-0.1, -0.05) is 44.6 Å². The lowest BCUT2D eigenvalue weighted by molar-refractivity contribution is -0.123. The van der Waals surface area contributed by atoms with Crippen LogP contribution in [0.2, 0.25) is 0 Å². The fourth-order valence-corrected chi connectivity index (χ4v) is 4.91.